The topological polar surface area (TPSA) is 88.5 Å². The summed E-state index contributed by atoms with van der Waals surface area (Å²) >= 11 is 0. The molecule has 0 radical (unpaired) electrons. The molecule has 8 heteroatoms. The zero-order chi connectivity index (χ0) is 20.0. The third-order valence-electron chi connectivity index (χ3n) is 4.26. The largest absolute Gasteiger partial charge is 0.325 e. The smallest absolute Gasteiger partial charge is 0.251 e. The fourth-order valence-electron chi connectivity index (χ4n) is 2.68. The Bertz CT molecular complexity index is 946. The van der Waals surface area contributed by atoms with Crippen LogP contribution in [0.2, 0.25) is 0 Å². The van der Waals surface area contributed by atoms with E-state index in [0.717, 1.165) is 16.6 Å². The third-order valence-corrected chi connectivity index (χ3v) is 6.29. The van der Waals surface area contributed by atoms with E-state index in [-0.39, 0.29) is 11.4 Å². The molecule has 1 N–H and O–H groups in total. The van der Waals surface area contributed by atoms with Gasteiger partial charge < -0.3 is 9.88 Å². The first-order valence-electron chi connectivity index (χ1n) is 8.91. The predicted molar refractivity (Wildman–Crippen MR) is 105 cm³/mol. The van der Waals surface area contributed by atoms with Crippen LogP contribution in [0.25, 0.3) is 0 Å². The highest BCUT2D eigenvalue weighted by molar-refractivity contribution is 7.89. The molecule has 146 valence electrons. The molecule has 1 aromatic carbocycles. The number of benzene rings is 1. The molecule has 0 saturated carbocycles. The van der Waals surface area contributed by atoms with E-state index in [2.05, 4.69) is 5.32 Å². The number of nitrogens with one attached hydrogen (secondary N) is 1. The lowest BCUT2D eigenvalue weighted by Crippen LogP contribution is -2.33. The maximum absolute atomic E-state index is 12.6. The molecule has 0 spiro atoms. The van der Waals surface area contributed by atoms with Crippen LogP contribution in [0.3, 0.4) is 0 Å². The van der Waals surface area contributed by atoms with E-state index in [0.29, 0.717) is 18.8 Å². The standard InChI is InChI=1S/C19H25N3O4S/c1-4-15-7-9-16(10-8-15)20-18(23)14-21-13-17(11-12-19(21)24)27(25,26)22(5-2)6-3/h7-13H,4-6,14H2,1-3H3,(H,20,23). The van der Waals surface area contributed by atoms with E-state index in [1.54, 1.807) is 26.0 Å². The van der Waals surface area contributed by atoms with E-state index in [9.17, 15) is 18.0 Å². The van der Waals surface area contributed by atoms with Crippen molar-refractivity contribution in [3.05, 3.63) is 58.5 Å². The van der Waals surface area contributed by atoms with Crippen LogP contribution in [-0.4, -0.2) is 36.3 Å². The van der Waals surface area contributed by atoms with Gasteiger partial charge in [0.15, 0.2) is 0 Å². The van der Waals surface area contributed by atoms with Crippen molar-refractivity contribution in [2.75, 3.05) is 18.4 Å². The highest BCUT2D eigenvalue weighted by atomic mass is 32.2. The van der Waals surface area contributed by atoms with Gasteiger partial charge in [0.25, 0.3) is 5.56 Å². The van der Waals surface area contributed by atoms with Crippen molar-refractivity contribution >= 4 is 21.6 Å². The normalized spacial score (nSPS) is 11.6. The molecule has 0 atom stereocenters. The molecule has 2 aromatic rings. The minimum Gasteiger partial charge on any atom is -0.325 e. The van der Waals surface area contributed by atoms with E-state index < -0.39 is 21.5 Å². The molecular weight excluding hydrogens is 366 g/mol. The van der Waals surface area contributed by atoms with Crippen molar-refractivity contribution in [3.63, 3.8) is 0 Å². The molecule has 7 nitrogen and oxygen atoms in total. The van der Waals surface area contributed by atoms with Crippen LogP contribution in [-0.2, 0) is 27.8 Å². The zero-order valence-corrected chi connectivity index (χ0v) is 16.6. The first-order chi connectivity index (χ1) is 12.8. The number of pyridine rings is 1. The summed E-state index contributed by atoms with van der Waals surface area (Å²) in [6.45, 7) is 5.91. The number of aromatic nitrogens is 1. The zero-order valence-electron chi connectivity index (χ0n) is 15.8. The molecule has 0 saturated heterocycles. The summed E-state index contributed by atoms with van der Waals surface area (Å²) in [7, 11) is -3.70. The van der Waals surface area contributed by atoms with E-state index in [1.807, 2.05) is 19.1 Å². The number of amides is 1. The van der Waals surface area contributed by atoms with Gasteiger partial charge in [-0.15, -0.1) is 0 Å². The first-order valence-corrected chi connectivity index (χ1v) is 10.3. The summed E-state index contributed by atoms with van der Waals surface area (Å²) < 4.78 is 27.6. The van der Waals surface area contributed by atoms with Gasteiger partial charge in [-0.1, -0.05) is 32.9 Å². The molecule has 0 aliphatic carbocycles. The highest BCUT2D eigenvalue weighted by Gasteiger charge is 2.22. The van der Waals surface area contributed by atoms with E-state index in [1.165, 1.54) is 22.6 Å². The van der Waals surface area contributed by atoms with Crippen LogP contribution in [0.1, 0.15) is 26.3 Å². The van der Waals surface area contributed by atoms with Crippen LogP contribution >= 0.6 is 0 Å². The van der Waals surface area contributed by atoms with E-state index in [4.69, 9.17) is 0 Å². The number of hydrogen-bond donors (Lipinski definition) is 1. The Morgan fingerprint density at radius 1 is 1.04 bits per heavy atom. The van der Waals surface area contributed by atoms with Crippen molar-refractivity contribution in [1.29, 1.82) is 0 Å². The second kappa shape index (κ2) is 8.96. The fourth-order valence-corrected chi connectivity index (χ4v) is 4.16. The van der Waals surface area contributed by atoms with Gasteiger partial charge in [0, 0.05) is 31.0 Å². The Morgan fingerprint density at radius 2 is 1.67 bits per heavy atom. The summed E-state index contributed by atoms with van der Waals surface area (Å²) in [5, 5.41) is 2.71. The number of anilines is 1. The van der Waals surface area contributed by atoms with Gasteiger partial charge in [0.05, 0.1) is 4.90 Å². The number of carbonyl (C=O) groups excluding carboxylic acids is 1. The Hall–Kier alpha value is -2.45. The van der Waals surface area contributed by atoms with Crippen molar-refractivity contribution in [3.8, 4) is 0 Å². The van der Waals surface area contributed by atoms with Gasteiger partial charge in [0.1, 0.15) is 6.54 Å². The van der Waals surface area contributed by atoms with Crippen molar-refractivity contribution in [2.24, 2.45) is 0 Å². The fraction of sp³-hybridized carbons (Fsp3) is 0.368. The average molecular weight is 391 g/mol. The molecule has 1 amide bonds. The lowest BCUT2D eigenvalue weighted by atomic mass is 10.1. The second-order valence-electron chi connectivity index (χ2n) is 6.02. The van der Waals surface area contributed by atoms with Gasteiger partial charge >= 0.3 is 0 Å². The monoisotopic (exact) mass is 391 g/mol. The van der Waals surface area contributed by atoms with Crippen LogP contribution in [0.4, 0.5) is 5.69 Å². The number of aryl methyl sites for hydroxylation is 1. The Morgan fingerprint density at radius 3 is 2.22 bits per heavy atom. The lowest BCUT2D eigenvalue weighted by Gasteiger charge is -2.19. The molecule has 0 bridgehead atoms. The Kier molecular flexibility index (Phi) is 6.92. The summed E-state index contributed by atoms with van der Waals surface area (Å²) in [5.74, 6) is -0.404. The summed E-state index contributed by atoms with van der Waals surface area (Å²) in [6.07, 6.45) is 2.12. The number of hydrogen-bond acceptors (Lipinski definition) is 4. The minimum atomic E-state index is -3.70. The average Bonchev–Trinajstić information content (AvgIpc) is 2.64. The Balaban J connectivity index is 2.20. The van der Waals surface area contributed by atoms with Gasteiger partial charge in [-0.3, -0.25) is 9.59 Å². The molecule has 0 unspecified atom stereocenters. The molecule has 1 heterocycles. The summed E-state index contributed by atoms with van der Waals surface area (Å²) in [6, 6.07) is 9.85. The molecule has 0 fully saturated rings. The molecular formula is C19H25N3O4S. The van der Waals surface area contributed by atoms with Crippen LogP contribution in [0, 0.1) is 0 Å². The Labute approximate surface area is 159 Å². The summed E-state index contributed by atoms with van der Waals surface area (Å²) in [4.78, 5) is 24.3. The van der Waals surface area contributed by atoms with Gasteiger partial charge in [-0.2, -0.15) is 4.31 Å². The van der Waals surface area contributed by atoms with Gasteiger partial charge in [0.2, 0.25) is 15.9 Å². The number of carbonyl (C=O) groups is 1. The molecule has 1 aromatic heterocycles. The third kappa shape index (κ3) is 5.05. The van der Waals surface area contributed by atoms with Crippen LogP contribution in [0.5, 0.6) is 0 Å². The number of rotatable bonds is 8. The van der Waals surface area contributed by atoms with Crippen molar-refractivity contribution in [2.45, 2.75) is 38.6 Å². The molecule has 0 aliphatic rings. The first kappa shape index (κ1) is 20.9. The van der Waals surface area contributed by atoms with Gasteiger partial charge in [-0.05, 0) is 30.2 Å². The minimum absolute atomic E-state index is 0.00843. The highest BCUT2D eigenvalue weighted by Crippen LogP contribution is 2.14. The quantitative estimate of drug-likeness (QED) is 0.746. The lowest BCUT2D eigenvalue weighted by molar-refractivity contribution is -0.116. The second-order valence-corrected chi connectivity index (χ2v) is 7.96. The molecule has 0 aliphatic heterocycles. The van der Waals surface area contributed by atoms with E-state index >= 15 is 0 Å². The van der Waals surface area contributed by atoms with Crippen LogP contribution < -0.4 is 10.9 Å². The molecule has 27 heavy (non-hydrogen) atoms. The number of nitrogens with zero attached hydrogens (tertiary/aromatic N) is 2. The van der Waals surface area contributed by atoms with Crippen molar-refractivity contribution < 1.29 is 13.2 Å². The number of sulfonamides is 1. The van der Waals surface area contributed by atoms with Crippen LogP contribution in [0.15, 0.2) is 52.3 Å². The van der Waals surface area contributed by atoms with Crippen molar-refractivity contribution in [1.82, 2.24) is 8.87 Å². The molecule has 2 rings (SSSR count). The predicted octanol–water partition coefficient (Wildman–Crippen LogP) is 2.08. The SMILES string of the molecule is CCc1ccc(NC(=O)Cn2cc(S(=O)(=O)N(CC)CC)ccc2=O)cc1. The maximum atomic E-state index is 12.6. The van der Waals surface area contributed by atoms with Gasteiger partial charge in [-0.25, -0.2) is 8.42 Å². The summed E-state index contributed by atoms with van der Waals surface area (Å²) in [5.41, 5.74) is 1.33. The maximum Gasteiger partial charge on any atom is 0.251 e.